The second-order valence-corrected chi connectivity index (χ2v) is 5.11. The third-order valence-electron chi connectivity index (χ3n) is 3.86. The Bertz CT molecular complexity index is 788. The Morgan fingerprint density at radius 1 is 1.45 bits per heavy atom. The molecule has 0 aliphatic carbocycles. The Hall–Kier alpha value is -2.94. The molecule has 22 heavy (non-hydrogen) atoms. The first kappa shape index (κ1) is 15.4. The Kier molecular flexibility index (Phi) is 3.83. The van der Waals surface area contributed by atoms with Crippen molar-refractivity contribution in [3.8, 4) is 18.1 Å². The summed E-state index contributed by atoms with van der Waals surface area (Å²) in [6.07, 6.45) is 6.99. The van der Waals surface area contributed by atoms with Gasteiger partial charge in [0, 0.05) is 25.6 Å². The first-order valence-corrected chi connectivity index (χ1v) is 6.62. The molecule has 1 atom stereocenters. The van der Waals surface area contributed by atoms with Crippen LogP contribution in [0.2, 0.25) is 0 Å². The molecule has 1 aromatic carbocycles. The molecule has 1 aromatic heterocycles. The SMILES string of the molecule is C#CC(Cn1cc(O)c2ccccc21)(C(N)=O)N(C)C(C)=O. The highest BCUT2D eigenvalue weighted by molar-refractivity contribution is 5.93. The van der Waals surface area contributed by atoms with Crippen molar-refractivity contribution in [2.45, 2.75) is 19.0 Å². The van der Waals surface area contributed by atoms with Crippen LogP contribution in [0.5, 0.6) is 5.75 Å². The maximum absolute atomic E-state index is 12.0. The van der Waals surface area contributed by atoms with E-state index >= 15 is 0 Å². The summed E-state index contributed by atoms with van der Waals surface area (Å²) >= 11 is 0. The van der Waals surface area contributed by atoms with Crippen LogP contribution in [0.1, 0.15) is 6.92 Å². The van der Waals surface area contributed by atoms with Crippen molar-refractivity contribution in [2.24, 2.45) is 5.73 Å². The molecule has 6 heteroatoms. The smallest absolute Gasteiger partial charge is 0.257 e. The van der Waals surface area contributed by atoms with Crippen LogP contribution in [0.15, 0.2) is 30.5 Å². The number of primary amides is 1. The van der Waals surface area contributed by atoms with E-state index in [0.29, 0.717) is 10.9 Å². The van der Waals surface area contributed by atoms with Crippen molar-refractivity contribution >= 4 is 22.7 Å². The average molecular weight is 299 g/mol. The normalized spacial score (nSPS) is 13.3. The maximum atomic E-state index is 12.0. The second-order valence-electron chi connectivity index (χ2n) is 5.11. The van der Waals surface area contributed by atoms with Crippen LogP contribution < -0.4 is 5.73 Å². The number of carbonyl (C=O) groups is 2. The summed E-state index contributed by atoms with van der Waals surface area (Å²) in [7, 11) is 1.43. The number of amides is 2. The summed E-state index contributed by atoms with van der Waals surface area (Å²) in [5.74, 6) is 1.23. The fourth-order valence-electron chi connectivity index (χ4n) is 2.44. The van der Waals surface area contributed by atoms with Crippen LogP contribution in [0.4, 0.5) is 0 Å². The number of nitrogens with two attached hydrogens (primary N) is 1. The molecule has 2 amide bonds. The molecular weight excluding hydrogens is 282 g/mol. The molecule has 2 rings (SSSR count). The van der Waals surface area contributed by atoms with E-state index in [0.717, 1.165) is 4.90 Å². The van der Waals surface area contributed by atoms with E-state index in [1.165, 1.54) is 20.2 Å². The average Bonchev–Trinajstić information content (AvgIpc) is 2.80. The Morgan fingerprint density at radius 2 is 2.09 bits per heavy atom. The molecule has 0 fully saturated rings. The van der Waals surface area contributed by atoms with Gasteiger partial charge in [0.2, 0.25) is 5.91 Å². The standard InChI is InChI=1S/C16H17N3O3/c1-4-16(15(17)22,18(3)11(2)20)10-19-9-14(21)12-7-5-6-8-13(12)19/h1,5-9,21H,10H2,2-3H3,(H2,17,22). The van der Waals surface area contributed by atoms with Gasteiger partial charge in [-0.2, -0.15) is 0 Å². The van der Waals surface area contributed by atoms with Crippen molar-refractivity contribution in [3.05, 3.63) is 30.5 Å². The third kappa shape index (κ3) is 2.27. The van der Waals surface area contributed by atoms with Gasteiger partial charge in [0.15, 0.2) is 5.54 Å². The number of carbonyl (C=O) groups excluding carboxylic acids is 2. The zero-order valence-corrected chi connectivity index (χ0v) is 12.4. The lowest BCUT2D eigenvalue weighted by atomic mass is 9.97. The van der Waals surface area contributed by atoms with Gasteiger partial charge in [-0.05, 0) is 12.1 Å². The largest absolute Gasteiger partial charge is 0.506 e. The minimum Gasteiger partial charge on any atom is -0.506 e. The van der Waals surface area contributed by atoms with Crippen LogP contribution in [0.3, 0.4) is 0 Å². The molecule has 6 nitrogen and oxygen atoms in total. The monoisotopic (exact) mass is 299 g/mol. The zero-order valence-electron chi connectivity index (χ0n) is 12.4. The molecule has 2 aromatic rings. The maximum Gasteiger partial charge on any atom is 0.257 e. The first-order chi connectivity index (χ1) is 10.3. The number of hydrogen-bond acceptors (Lipinski definition) is 3. The van der Waals surface area contributed by atoms with Crippen LogP contribution in [0.25, 0.3) is 10.9 Å². The van der Waals surface area contributed by atoms with E-state index < -0.39 is 11.4 Å². The van der Waals surface area contributed by atoms with E-state index in [1.54, 1.807) is 28.8 Å². The van der Waals surface area contributed by atoms with Crippen molar-refractivity contribution in [1.82, 2.24) is 9.47 Å². The van der Waals surface area contributed by atoms with Gasteiger partial charge in [-0.25, -0.2) is 0 Å². The van der Waals surface area contributed by atoms with Gasteiger partial charge in [0.05, 0.1) is 12.1 Å². The predicted octanol–water partition coefficient (Wildman–Crippen LogP) is 0.682. The number of terminal acetylenes is 1. The highest BCUT2D eigenvalue weighted by atomic mass is 16.3. The molecule has 1 unspecified atom stereocenters. The highest BCUT2D eigenvalue weighted by Crippen LogP contribution is 2.29. The number of rotatable bonds is 4. The second kappa shape index (κ2) is 5.45. The molecule has 1 heterocycles. The summed E-state index contributed by atoms with van der Waals surface area (Å²) in [5, 5.41) is 10.6. The molecule has 0 aliphatic heterocycles. The minimum atomic E-state index is -1.61. The van der Waals surface area contributed by atoms with Crippen LogP contribution in [-0.4, -0.2) is 39.0 Å². The van der Waals surface area contributed by atoms with E-state index in [9.17, 15) is 14.7 Å². The number of aromatic nitrogens is 1. The summed E-state index contributed by atoms with van der Waals surface area (Å²) in [6.45, 7) is 1.26. The lowest BCUT2D eigenvalue weighted by molar-refractivity contribution is -0.140. The van der Waals surface area contributed by atoms with Crippen LogP contribution in [-0.2, 0) is 16.1 Å². The van der Waals surface area contributed by atoms with Crippen molar-refractivity contribution in [3.63, 3.8) is 0 Å². The first-order valence-electron chi connectivity index (χ1n) is 6.62. The molecule has 114 valence electrons. The summed E-state index contributed by atoms with van der Waals surface area (Å²) in [4.78, 5) is 24.8. The van der Waals surface area contributed by atoms with E-state index in [1.807, 2.05) is 0 Å². The third-order valence-corrected chi connectivity index (χ3v) is 3.86. The minimum absolute atomic E-state index is 0.0456. The topological polar surface area (TPSA) is 88.6 Å². The Morgan fingerprint density at radius 3 is 2.64 bits per heavy atom. The molecule has 0 aliphatic rings. The molecular formula is C16H17N3O3. The highest BCUT2D eigenvalue weighted by Gasteiger charge is 2.41. The Labute approximate surface area is 128 Å². The molecule has 0 saturated heterocycles. The summed E-state index contributed by atoms with van der Waals surface area (Å²) < 4.78 is 1.62. The molecule has 0 radical (unpaired) electrons. The van der Waals surface area contributed by atoms with E-state index in [2.05, 4.69) is 5.92 Å². The number of fused-ring (bicyclic) bond motifs is 1. The number of benzene rings is 1. The zero-order chi connectivity index (χ0) is 16.5. The summed E-state index contributed by atoms with van der Waals surface area (Å²) in [6, 6.07) is 7.12. The van der Waals surface area contributed by atoms with Crippen molar-refractivity contribution in [2.75, 3.05) is 7.05 Å². The van der Waals surface area contributed by atoms with Crippen LogP contribution >= 0.6 is 0 Å². The molecule has 0 bridgehead atoms. The number of likely N-dealkylation sites (N-methyl/N-ethyl adjacent to an activating group) is 1. The van der Waals surface area contributed by atoms with Gasteiger partial charge in [-0.3, -0.25) is 9.59 Å². The quantitative estimate of drug-likeness (QED) is 0.814. The van der Waals surface area contributed by atoms with Gasteiger partial charge in [-0.15, -0.1) is 6.42 Å². The van der Waals surface area contributed by atoms with E-state index in [4.69, 9.17) is 12.2 Å². The van der Waals surface area contributed by atoms with Gasteiger partial charge < -0.3 is 20.3 Å². The van der Waals surface area contributed by atoms with Crippen molar-refractivity contribution < 1.29 is 14.7 Å². The number of para-hydroxylation sites is 1. The van der Waals surface area contributed by atoms with Crippen LogP contribution in [0, 0.1) is 12.3 Å². The molecule has 3 N–H and O–H groups in total. The Balaban J connectivity index is 2.58. The fourth-order valence-corrected chi connectivity index (χ4v) is 2.44. The van der Waals surface area contributed by atoms with Gasteiger partial charge in [0.1, 0.15) is 5.75 Å². The van der Waals surface area contributed by atoms with Crippen molar-refractivity contribution in [1.29, 1.82) is 0 Å². The van der Waals surface area contributed by atoms with Gasteiger partial charge in [0.25, 0.3) is 5.91 Å². The lowest BCUT2D eigenvalue weighted by Gasteiger charge is -2.34. The lowest BCUT2D eigenvalue weighted by Crippen LogP contribution is -2.59. The molecule has 0 saturated carbocycles. The fraction of sp³-hybridized carbons (Fsp3) is 0.250. The predicted molar refractivity (Wildman–Crippen MR) is 82.8 cm³/mol. The number of nitrogens with zero attached hydrogens (tertiary/aromatic N) is 2. The number of aromatic hydroxyl groups is 1. The number of hydrogen-bond donors (Lipinski definition) is 2. The van der Waals surface area contributed by atoms with Gasteiger partial charge >= 0.3 is 0 Å². The van der Waals surface area contributed by atoms with Gasteiger partial charge in [-0.1, -0.05) is 18.1 Å². The summed E-state index contributed by atoms with van der Waals surface area (Å²) in [5.41, 5.74) is 4.55. The molecule has 0 spiro atoms. The van der Waals surface area contributed by atoms with E-state index in [-0.39, 0.29) is 18.2 Å².